The maximum Gasteiger partial charge on any atom is 0.335 e. The van der Waals surface area contributed by atoms with Crippen molar-refractivity contribution in [3.05, 3.63) is 48.1 Å². The van der Waals surface area contributed by atoms with Crippen LogP contribution < -0.4 is 9.47 Å². The Balaban J connectivity index is 3.09. The molecule has 0 radical (unpaired) electrons. The average Bonchev–Trinajstić information content (AvgIpc) is 2.56. The van der Waals surface area contributed by atoms with Gasteiger partial charge in [0.05, 0.1) is 21.3 Å². The van der Waals surface area contributed by atoms with Crippen LogP contribution in [0.15, 0.2) is 47.5 Å². The van der Waals surface area contributed by atoms with Gasteiger partial charge in [0, 0.05) is 6.21 Å². The van der Waals surface area contributed by atoms with Crippen LogP contribution in [0.25, 0.3) is 0 Å². The first-order valence-electron chi connectivity index (χ1n) is 6.78. The molecule has 5 nitrogen and oxygen atoms in total. The summed E-state index contributed by atoms with van der Waals surface area (Å²) in [6.07, 6.45) is 8.91. The van der Waals surface area contributed by atoms with Crippen LogP contribution >= 0.6 is 0 Å². The molecule has 0 aliphatic heterocycles. The number of benzene rings is 1. The molecule has 0 saturated carbocycles. The summed E-state index contributed by atoms with van der Waals surface area (Å²) >= 11 is 0. The molecule has 118 valence electrons. The second kappa shape index (κ2) is 9.39. The third kappa shape index (κ3) is 4.77. The molecule has 0 amide bonds. The second-order valence-electron chi connectivity index (χ2n) is 4.25. The zero-order valence-corrected chi connectivity index (χ0v) is 13.3. The number of rotatable bonds is 7. The van der Waals surface area contributed by atoms with E-state index in [2.05, 4.69) is 4.99 Å². The van der Waals surface area contributed by atoms with Crippen molar-refractivity contribution in [2.24, 2.45) is 4.99 Å². The number of esters is 1. The quantitative estimate of drug-likeness (QED) is 0.441. The molecule has 0 fully saturated rings. The number of methoxy groups -OCH3 is 3. The molecule has 0 heterocycles. The highest BCUT2D eigenvalue weighted by atomic mass is 16.5. The molecule has 0 N–H and O–H groups in total. The summed E-state index contributed by atoms with van der Waals surface area (Å²) in [7, 11) is 4.43. The van der Waals surface area contributed by atoms with Crippen molar-refractivity contribution in [3.63, 3.8) is 0 Å². The van der Waals surface area contributed by atoms with Crippen LogP contribution in [-0.2, 0) is 9.53 Å². The molecule has 1 unspecified atom stereocenters. The van der Waals surface area contributed by atoms with Gasteiger partial charge < -0.3 is 14.2 Å². The van der Waals surface area contributed by atoms with Gasteiger partial charge in [-0.15, -0.1) is 0 Å². The Labute approximate surface area is 130 Å². The van der Waals surface area contributed by atoms with E-state index in [1.165, 1.54) is 14.2 Å². The van der Waals surface area contributed by atoms with Gasteiger partial charge in [-0.3, -0.25) is 4.99 Å². The maximum absolute atomic E-state index is 11.9. The summed E-state index contributed by atoms with van der Waals surface area (Å²) in [4.78, 5) is 16.2. The first kappa shape index (κ1) is 17.5. The SMILES string of the molecule is C/C=C\C=C/C=NC(C(=O)OC)c1ccc(OC)c(OC)c1. The standard InChI is InChI=1S/C17H21NO4/c1-5-6-7-8-11-18-16(17(19)22-4)13-9-10-14(20-2)15(12-13)21-3/h5-12,16H,1-4H3/b6-5-,8-7-,18-11?. The van der Waals surface area contributed by atoms with Gasteiger partial charge in [0.2, 0.25) is 0 Å². The topological polar surface area (TPSA) is 57.1 Å². The fraction of sp³-hybridized carbons (Fsp3) is 0.294. The Hall–Kier alpha value is -2.56. The fourth-order valence-corrected chi connectivity index (χ4v) is 1.78. The van der Waals surface area contributed by atoms with E-state index in [0.29, 0.717) is 17.1 Å². The summed E-state index contributed by atoms with van der Waals surface area (Å²) in [5, 5.41) is 0. The molecule has 0 bridgehead atoms. The van der Waals surface area contributed by atoms with Crippen LogP contribution in [-0.4, -0.2) is 33.5 Å². The zero-order valence-electron chi connectivity index (χ0n) is 13.3. The average molecular weight is 303 g/mol. The lowest BCUT2D eigenvalue weighted by molar-refractivity contribution is -0.142. The van der Waals surface area contributed by atoms with Crippen molar-refractivity contribution in [2.45, 2.75) is 13.0 Å². The van der Waals surface area contributed by atoms with Gasteiger partial charge in [0.15, 0.2) is 17.5 Å². The number of allylic oxidation sites excluding steroid dienone is 4. The van der Waals surface area contributed by atoms with E-state index < -0.39 is 12.0 Å². The summed E-state index contributed by atoms with van der Waals surface area (Å²) < 4.78 is 15.2. The predicted octanol–water partition coefficient (Wildman–Crippen LogP) is 3.12. The Morgan fingerprint density at radius 3 is 2.41 bits per heavy atom. The second-order valence-corrected chi connectivity index (χ2v) is 4.25. The Kier molecular flexibility index (Phi) is 7.47. The fourth-order valence-electron chi connectivity index (χ4n) is 1.78. The van der Waals surface area contributed by atoms with Gasteiger partial charge in [0.1, 0.15) is 0 Å². The molecule has 22 heavy (non-hydrogen) atoms. The van der Waals surface area contributed by atoms with Crippen LogP contribution in [0.3, 0.4) is 0 Å². The molecule has 0 aliphatic carbocycles. The van der Waals surface area contributed by atoms with Gasteiger partial charge in [-0.2, -0.15) is 0 Å². The molecular formula is C17H21NO4. The van der Waals surface area contributed by atoms with E-state index in [4.69, 9.17) is 14.2 Å². The van der Waals surface area contributed by atoms with Crippen molar-refractivity contribution in [3.8, 4) is 11.5 Å². The highest BCUT2D eigenvalue weighted by Crippen LogP contribution is 2.31. The van der Waals surface area contributed by atoms with E-state index in [-0.39, 0.29) is 0 Å². The number of ether oxygens (including phenoxy) is 3. The van der Waals surface area contributed by atoms with E-state index in [9.17, 15) is 4.79 Å². The van der Waals surface area contributed by atoms with Gasteiger partial charge in [-0.05, 0) is 30.7 Å². The summed E-state index contributed by atoms with van der Waals surface area (Å²) in [5.74, 6) is 0.684. The highest BCUT2D eigenvalue weighted by molar-refractivity contribution is 5.82. The van der Waals surface area contributed by atoms with Gasteiger partial charge in [0.25, 0.3) is 0 Å². The lowest BCUT2D eigenvalue weighted by Gasteiger charge is -2.13. The minimum Gasteiger partial charge on any atom is -0.493 e. The predicted molar refractivity (Wildman–Crippen MR) is 86.7 cm³/mol. The number of hydrogen-bond acceptors (Lipinski definition) is 5. The van der Waals surface area contributed by atoms with Crippen molar-refractivity contribution in [2.75, 3.05) is 21.3 Å². The third-order valence-electron chi connectivity index (χ3n) is 2.88. The largest absolute Gasteiger partial charge is 0.493 e. The van der Waals surface area contributed by atoms with Crippen molar-refractivity contribution >= 4 is 12.2 Å². The summed E-state index contributed by atoms with van der Waals surface area (Å²) in [5.41, 5.74) is 0.667. The number of carbonyl (C=O) groups excluding carboxylic acids is 1. The lowest BCUT2D eigenvalue weighted by atomic mass is 10.1. The lowest BCUT2D eigenvalue weighted by Crippen LogP contribution is -2.12. The number of aliphatic imine (C=N–C) groups is 1. The minimum absolute atomic E-state index is 0.442. The minimum atomic E-state index is -0.750. The van der Waals surface area contributed by atoms with E-state index >= 15 is 0 Å². The van der Waals surface area contributed by atoms with Crippen molar-refractivity contribution in [1.82, 2.24) is 0 Å². The Bertz CT molecular complexity index is 576. The van der Waals surface area contributed by atoms with Gasteiger partial charge >= 0.3 is 5.97 Å². The van der Waals surface area contributed by atoms with Gasteiger partial charge in [-0.25, -0.2) is 4.79 Å². The zero-order chi connectivity index (χ0) is 16.4. The number of nitrogens with zero attached hydrogens (tertiary/aromatic N) is 1. The molecule has 0 aromatic heterocycles. The summed E-state index contributed by atoms with van der Waals surface area (Å²) in [6, 6.07) is 4.46. The highest BCUT2D eigenvalue weighted by Gasteiger charge is 2.21. The molecule has 1 atom stereocenters. The molecule has 0 spiro atoms. The van der Waals surface area contributed by atoms with Crippen LogP contribution in [0.5, 0.6) is 11.5 Å². The van der Waals surface area contributed by atoms with Crippen molar-refractivity contribution < 1.29 is 19.0 Å². The van der Waals surface area contributed by atoms with Crippen LogP contribution in [0.4, 0.5) is 0 Å². The number of hydrogen-bond donors (Lipinski definition) is 0. The van der Waals surface area contributed by atoms with Gasteiger partial charge in [-0.1, -0.05) is 24.3 Å². The smallest absolute Gasteiger partial charge is 0.335 e. The normalized spacial score (nSPS) is 12.9. The molecule has 5 heteroatoms. The first-order valence-corrected chi connectivity index (χ1v) is 6.78. The summed E-state index contributed by atoms with van der Waals surface area (Å²) in [6.45, 7) is 1.92. The molecule has 1 aromatic carbocycles. The molecule has 1 rings (SSSR count). The monoisotopic (exact) mass is 303 g/mol. The third-order valence-corrected chi connectivity index (χ3v) is 2.88. The molecule has 1 aromatic rings. The van der Waals surface area contributed by atoms with Crippen molar-refractivity contribution in [1.29, 1.82) is 0 Å². The number of carbonyl (C=O) groups is 1. The van der Waals surface area contributed by atoms with Crippen LogP contribution in [0.1, 0.15) is 18.5 Å². The Morgan fingerprint density at radius 1 is 1.09 bits per heavy atom. The van der Waals surface area contributed by atoms with Crippen LogP contribution in [0, 0.1) is 0 Å². The van der Waals surface area contributed by atoms with E-state index in [1.54, 1.807) is 37.6 Å². The molecule has 0 aliphatic rings. The molecule has 0 saturated heterocycles. The maximum atomic E-state index is 11.9. The van der Waals surface area contributed by atoms with E-state index in [1.807, 2.05) is 25.2 Å². The van der Waals surface area contributed by atoms with E-state index in [0.717, 1.165) is 0 Å². The molecular weight excluding hydrogens is 282 g/mol. The Morgan fingerprint density at radius 2 is 1.82 bits per heavy atom. The first-order chi connectivity index (χ1) is 10.7. The van der Waals surface area contributed by atoms with Crippen LogP contribution in [0.2, 0.25) is 0 Å².